The Bertz CT molecular complexity index is 909. The molecule has 0 aliphatic rings. The Kier molecular flexibility index (Phi) is 2.83. The van der Waals surface area contributed by atoms with E-state index in [9.17, 15) is 13.2 Å². The maximum absolute atomic E-state index is 12.1. The molecule has 1 heterocycles. The number of hydrogen-bond donors (Lipinski definition) is 1. The van der Waals surface area contributed by atoms with Crippen molar-refractivity contribution >= 4 is 21.2 Å². The maximum atomic E-state index is 12.1. The summed E-state index contributed by atoms with van der Waals surface area (Å²) in [7, 11) is -3.96. The third-order valence-corrected chi connectivity index (χ3v) is 3.90. The van der Waals surface area contributed by atoms with Gasteiger partial charge in [-0.05, 0) is 24.3 Å². The topological polar surface area (TPSA) is 89.4 Å². The van der Waals surface area contributed by atoms with Crippen LogP contribution in [0.25, 0.3) is 11.1 Å². The van der Waals surface area contributed by atoms with E-state index in [1.165, 1.54) is 30.3 Å². The predicted molar refractivity (Wildman–Crippen MR) is 71.1 cm³/mol. The largest absolute Gasteiger partial charge is 0.417 e. The molecule has 3 rings (SSSR count). The van der Waals surface area contributed by atoms with Crippen molar-refractivity contribution in [1.82, 2.24) is 4.98 Å². The molecular formula is C13H9NO5S. The molecule has 0 radical (unpaired) electrons. The first-order chi connectivity index (χ1) is 9.56. The van der Waals surface area contributed by atoms with Gasteiger partial charge >= 0.3 is 15.9 Å². The van der Waals surface area contributed by atoms with Gasteiger partial charge in [-0.2, -0.15) is 8.42 Å². The lowest BCUT2D eigenvalue weighted by Gasteiger charge is -2.06. The van der Waals surface area contributed by atoms with Crippen LogP contribution in [0.3, 0.4) is 0 Å². The van der Waals surface area contributed by atoms with Crippen molar-refractivity contribution in [2.24, 2.45) is 0 Å². The number of fused-ring (bicyclic) bond motifs is 1. The second-order valence-electron chi connectivity index (χ2n) is 3.99. The molecule has 0 aliphatic carbocycles. The maximum Gasteiger partial charge on any atom is 0.417 e. The summed E-state index contributed by atoms with van der Waals surface area (Å²) in [5, 5.41) is 0. The molecule has 0 spiro atoms. The first kappa shape index (κ1) is 12.5. The van der Waals surface area contributed by atoms with Gasteiger partial charge < -0.3 is 8.60 Å². The lowest BCUT2D eigenvalue weighted by molar-refractivity contribution is 0.488. The van der Waals surface area contributed by atoms with Crippen LogP contribution in [0.2, 0.25) is 0 Å². The van der Waals surface area contributed by atoms with E-state index in [1.807, 2.05) is 0 Å². The van der Waals surface area contributed by atoms with Gasteiger partial charge in [0.05, 0.1) is 0 Å². The van der Waals surface area contributed by atoms with E-state index in [0.29, 0.717) is 0 Å². The van der Waals surface area contributed by atoms with E-state index in [-0.39, 0.29) is 21.7 Å². The van der Waals surface area contributed by atoms with E-state index in [1.54, 1.807) is 18.2 Å². The number of hydrogen-bond acceptors (Lipinski definition) is 5. The Labute approximate surface area is 113 Å². The number of aromatic nitrogens is 1. The molecule has 0 aliphatic heterocycles. The van der Waals surface area contributed by atoms with Crippen molar-refractivity contribution in [2.45, 2.75) is 4.90 Å². The fourth-order valence-corrected chi connectivity index (χ4v) is 2.73. The third kappa shape index (κ3) is 2.19. The van der Waals surface area contributed by atoms with Gasteiger partial charge in [0.1, 0.15) is 10.4 Å². The van der Waals surface area contributed by atoms with Gasteiger partial charge in [0.25, 0.3) is 0 Å². The van der Waals surface area contributed by atoms with Crippen molar-refractivity contribution in [3.05, 3.63) is 59.1 Å². The minimum Gasteiger partial charge on any atom is -0.408 e. The molecule has 0 amide bonds. The number of rotatable bonds is 3. The lowest BCUT2D eigenvalue weighted by atomic mass is 10.3. The highest BCUT2D eigenvalue weighted by Crippen LogP contribution is 2.25. The molecule has 6 nitrogen and oxygen atoms in total. The number of oxazole rings is 1. The Hall–Kier alpha value is -2.54. The van der Waals surface area contributed by atoms with Crippen LogP contribution in [0.1, 0.15) is 0 Å². The summed E-state index contributed by atoms with van der Waals surface area (Å²) in [4.78, 5) is 13.6. The van der Waals surface area contributed by atoms with Crippen molar-refractivity contribution in [2.75, 3.05) is 0 Å². The Morgan fingerprint density at radius 1 is 1.00 bits per heavy atom. The summed E-state index contributed by atoms with van der Waals surface area (Å²) >= 11 is 0. The molecule has 1 N–H and O–H groups in total. The second-order valence-corrected chi connectivity index (χ2v) is 5.54. The summed E-state index contributed by atoms with van der Waals surface area (Å²) in [6.45, 7) is 0. The summed E-state index contributed by atoms with van der Waals surface area (Å²) in [6, 6.07) is 12.3. The monoisotopic (exact) mass is 291 g/mol. The zero-order valence-corrected chi connectivity index (χ0v) is 10.9. The van der Waals surface area contributed by atoms with Crippen LogP contribution in [0.5, 0.6) is 5.75 Å². The van der Waals surface area contributed by atoms with E-state index in [2.05, 4.69) is 4.98 Å². The summed E-state index contributed by atoms with van der Waals surface area (Å²) in [5.74, 6) is -0.662. The van der Waals surface area contributed by atoms with Gasteiger partial charge in [-0.15, -0.1) is 0 Å². The van der Waals surface area contributed by atoms with Crippen LogP contribution >= 0.6 is 0 Å². The summed E-state index contributed by atoms with van der Waals surface area (Å²) in [5.41, 5.74) is 0.438. The van der Waals surface area contributed by atoms with Crippen LogP contribution in [0, 0.1) is 0 Å². The number of para-hydroxylation sites is 1. The van der Waals surface area contributed by atoms with Gasteiger partial charge in [-0.25, -0.2) is 4.79 Å². The smallest absolute Gasteiger partial charge is 0.408 e. The fraction of sp³-hybridized carbons (Fsp3) is 0. The zero-order chi connectivity index (χ0) is 14.2. The van der Waals surface area contributed by atoms with E-state index < -0.39 is 15.9 Å². The highest BCUT2D eigenvalue weighted by molar-refractivity contribution is 7.87. The fourth-order valence-electron chi connectivity index (χ4n) is 1.77. The lowest BCUT2D eigenvalue weighted by Crippen LogP contribution is -2.09. The standard InChI is InChI=1S/C13H9NO5S/c15-13-14-12-10(18-13)7-4-8-11(12)19-20(16,17)9-5-2-1-3-6-9/h1-8H,(H,14,15). The molecule has 0 saturated carbocycles. The van der Waals surface area contributed by atoms with Gasteiger partial charge in [0.15, 0.2) is 11.3 Å². The van der Waals surface area contributed by atoms with Crippen LogP contribution in [-0.2, 0) is 10.1 Å². The van der Waals surface area contributed by atoms with Crippen molar-refractivity contribution < 1.29 is 17.0 Å². The normalized spacial score (nSPS) is 11.6. The molecule has 0 unspecified atom stereocenters. The molecular weight excluding hydrogens is 282 g/mol. The molecule has 7 heteroatoms. The molecule has 1 aromatic heterocycles. The summed E-state index contributed by atoms with van der Waals surface area (Å²) in [6.07, 6.45) is 0. The van der Waals surface area contributed by atoms with Crippen molar-refractivity contribution in [3.8, 4) is 5.75 Å². The number of nitrogens with one attached hydrogen (secondary N) is 1. The Morgan fingerprint density at radius 2 is 1.75 bits per heavy atom. The molecule has 3 aromatic rings. The molecule has 0 fully saturated rings. The van der Waals surface area contributed by atoms with Gasteiger partial charge in [-0.1, -0.05) is 24.3 Å². The third-order valence-electron chi connectivity index (χ3n) is 2.65. The molecule has 0 bridgehead atoms. The molecule has 2 aromatic carbocycles. The quantitative estimate of drug-likeness (QED) is 0.744. The van der Waals surface area contributed by atoms with Crippen molar-refractivity contribution in [3.63, 3.8) is 0 Å². The molecule has 0 atom stereocenters. The Morgan fingerprint density at radius 3 is 2.50 bits per heavy atom. The van der Waals surface area contributed by atoms with Crippen molar-refractivity contribution in [1.29, 1.82) is 0 Å². The van der Waals surface area contributed by atoms with Crippen LogP contribution < -0.4 is 9.94 Å². The summed E-state index contributed by atoms with van der Waals surface area (Å²) < 4.78 is 34.1. The van der Waals surface area contributed by atoms with Crippen LogP contribution in [0.4, 0.5) is 0 Å². The van der Waals surface area contributed by atoms with Gasteiger partial charge in [0.2, 0.25) is 0 Å². The Balaban J connectivity index is 2.08. The van der Waals surface area contributed by atoms with Crippen LogP contribution in [0.15, 0.2) is 62.6 Å². The SMILES string of the molecule is O=c1[nH]c2c(OS(=O)(=O)c3ccccc3)cccc2o1. The van der Waals surface area contributed by atoms with Gasteiger partial charge in [-0.3, -0.25) is 4.98 Å². The zero-order valence-electron chi connectivity index (χ0n) is 10.1. The number of benzene rings is 2. The highest BCUT2D eigenvalue weighted by Gasteiger charge is 2.18. The van der Waals surface area contributed by atoms with E-state index in [4.69, 9.17) is 8.60 Å². The van der Waals surface area contributed by atoms with Crippen LogP contribution in [-0.4, -0.2) is 13.4 Å². The average Bonchev–Trinajstić information content (AvgIpc) is 2.81. The number of aromatic amines is 1. The predicted octanol–water partition coefficient (Wildman–Crippen LogP) is 1.89. The van der Waals surface area contributed by atoms with Gasteiger partial charge in [0, 0.05) is 0 Å². The number of H-pyrrole nitrogens is 1. The first-order valence-electron chi connectivity index (χ1n) is 5.68. The first-order valence-corrected chi connectivity index (χ1v) is 7.08. The van der Waals surface area contributed by atoms with E-state index >= 15 is 0 Å². The molecule has 20 heavy (non-hydrogen) atoms. The average molecular weight is 291 g/mol. The minimum absolute atomic E-state index is 0.0113. The minimum atomic E-state index is -3.96. The highest BCUT2D eigenvalue weighted by atomic mass is 32.2. The molecule has 0 saturated heterocycles. The molecule has 102 valence electrons. The van der Waals surface area contributed by atoms with E-state index in [0.717, 1.165) is 0 Å². The second kappa shape index (κ2) is 4.53.